The van der Waals surface area contributed by atoms with Crippen LogP contribution in [0.1, 0.15) is 29.3 Å². The first-order valence-electron chi connectivity index (χ1n) is 6.30. The average Bonchev–Trinajstić information content (AvgIpc) is 2.77. The summed E-state index contributed by atoms with van der Waals surface area (Å²) < 4.78 is 33.3. The van der Waals surface area contributed by atoms with Crippen LogP contribution in [-0.2, 0) is 14.8 Å². The third-order valence-corrected chi connectivity index (χ3v) is 6.33. The smallest absolute Gasteiger partial charge is 0.335 e. The number of carbonyl (C=O) groups is 1. The minimum atomic E-state index is -3.85. The first kappa shape index (κ1) is 16.4. The number of nitrogens with one attached hydrogen (secondary N) is 1. The van der Waals surface area contributed by atoms with Crippen LogP contribution < -0.4 is 4.72 Å². The minimum Gasteiger partial charge on any atom is -0.478 e. The lowest BCUT2D eigenvalue weighted by Crippen LogP contribution is -2.46. The zero-order valence-corrected chi connectivity index (χ0v) is 14.0. The number of rotatable bonds is 4. The van der Waals surface area contributed by atoms with Crippen molar-refractivity contribution >= 4 is 31.9 Å². The second-order valence-corrected chi connectivity index (χ2v) is 7.82. The van der Waals surface area contributed by atoms with Crippen LogP contribution in [-0.4, -0.2) is 38.2 Å². The first-order valence-corrected chi connectivity index (χ1v) is 8.57. The molecule has 1 aromatic carbocycles. The lowest BCUT2D eigenvalue weighted by molar-refractivity contribution is 0.0696. The van der Waals surface area contributed by atoms with Crippen molar-refractivity contribution in [3.05, 3.63) is 27.7 Å². The molecule has 1 saturated heterocycles. The molecule has 8 heteroatoms. The number of aromatic carboxylic acids is 1. The fraction of sp³-hybridized carbons (Fsp3) is 0.462. The molecule has 21 heavy (non-hydrogen) atoms. The van der Waals surface area contributed by atoms with Gasteiger partial charge in [0.05, 0.1) is 22.6 Å². The number of aryl methyl sites for hydroxylation is 1. The van der Waals surface area contributed by atoms with Gasteiger partial charge in [-0.1, -0.05) is 0 Å². The largest absolute Gasteiger partial charge is 0.478 e. The number of sulfonamides is 1. The SMILES string of the molecule is Cc1cc(C(=O)O)cc(S(=O)(=O)NC2(C)CCOC2)c1Br. The zero-order valence-electron chi connectivity index (χ0n) is 11.6. The lowest BCUT2D eigenvalue weighted by atomic mass is 10.0. The van der Waals surface area contributed by atoms with Crippen molar-refractivity contribution in [2.45, 2.75) is 30.7 Å². The van der Waals surface area contributed by atoms with Crippen molar-refractivity contribution < 1.29 is 23.1 Å². The summed E-state index contributed by atoms with van der Waals surface area (Å²) >= 11 is 3.22. The highest BCUT2D eigenvalue weighted by Crippen LogP contribution is 2.29. The molecule has 0 aromatic heterocycles. The molecule has 0 aliphatic carbocycles. The van der Waals surface area contributed by atoms with E-state index in [-0.39, 0.29) is 10.5 Å². The van der Waals surface area contributed by atoms with Crippen molar-refractivity contribution in [3.63, 3.8) is 0 Å². The standard InChI is InChI=1S/C13H16BrNO5S/c1-8-5-9(12(16)17)6-10(11(8)14)21(18,19)15-13(2)3-4-20-7-13/h5-6,15H,3-4,7H2,1-2H3,(H,16,17). The molecule has 0 amide bonds. The molecule has 1 fully saturated rings. The van der Waals surface area contributed by atoms with Gasteiger partial charge in [-0.3, -0.25) is 0 Å². The van der Waals surface area contributed by atoms with Crippen molar-refractivity contribution in [2.75, 3.05) is 13.2 Å². The predicted molar refractivity (Wildman–Crippen MR) is 80.0 cm³/mol. The maximum atomic E-state index is 12.6. The van der Waals surface area contributed by atoms with Gasteiger partial charge in [0.2, 0.25) is 10.0 Å². The topological polar surface area (TPSA) is 92.7 Å². The Hall–Kier alpha value is -0.960. The molecule has 1 aromatic rings. The van der Waals surface area contributed by atoms with Gasteiger partial charge in [-0.2, -0.15) is 0 Å². The van der Waals surface area contributed by atoms with Crippen LogP contribution in [0.15, 0.2) is 21.5 Å². The van der Waals surface area contributed by atoms with Crippen molar-refractivity contribution in [2.24, 2.45) is 0 Å². The summed E-state index contributed by atoms with van der Waals surface area (Å²) in [6.45, 7) is 4.20. The van der Waals surface area contributed by atoms with Crippen LogP contribution in [0.5, 0.6) is 0 Å². The molecule has 0 bridgehead atoms. The van der Waals surface area contributed by atoms with E-state index in [0.717, 1.165) is 6.07 Å². The number of benzene rings is 1. The molecule has 1 aliphatic heterocycles. The molecular weight excluding hydrogens is 362 g/mol. The minimum absolute atomic E-state index is 0.0658. The van der Waals surface area contributed by atoms with E-state index >= 15 is 0 Å². The van der Waals surface area contributed by atoms with E-state index in [0.29, 0.717) is 29.7 Å². The molecule has 0 radical (unpaired) electrons. The molecule has 2 rings (SSSR count). The number of hydrogen-bond donors (Lipinski definition) is 2. The molecule has 1 heterocycles. The molecule has 1 aliphatic rings. The Morgan fingerprint density at radius 3 is 2.67 bits per heavy atom. The fourth-order valence-electron chi connectivity index (χ4n) is 2.18. The third-order valence-electron chi connectivity index (χ3n) is 3.36. The summed E-state index contributed by atoms with van der Waals surface area (Å²) in [7, 11) is -3.85. The van der Waals surface area contributed by atoms with E-state index in [9.17, 15) is 13.2 Å². The van der Waals surface area contributed by atoms with E-state index in [1.165, 1.54) is 6.07 Å². The fourth-order valence-corrected chi connectivity index (χ4v) is 4.65. The van der Waals surface area contributed by atoms with E-state index in [4.69, 9.17) is 9.84 Å². The molecule has 0 spiro atoms. The summed E-state index contributed by atoms with van der Waals surface area (Å²) in [6, 6.07) is 2.58. The lowest BCUT2D eigenvalue weighted by Gasteiger charge is -2.24. The van der Waals surface area contributed by atoms with Crippen LogP contribution >= 0.6 is 15.9 Å². The van der Waals surface area contributed by atoms with Gasteiger partial charge >= 0.3 is 5.97 Å². The number of halogens is 1. The van der Waals surface area contributed by atoms with Gasteiger partial charge in [0.15, 0.2) is 0 Å². The van der Waals surface area contributed by atoms with Crippen LogP contribution in [0.3, 0.4) is 0 Å². The third kappa shape index (κ3) is 3.45. The van der Waals surface area contributed by atoms with Crippen LogP contribution in [0.4, 0.5) is 0 Å². The number of hydrogen-bond acceptors (Lipinski definition) is 4. The molecule has 2 N–H and O–H groups in total. The highest BCUT2D eigenvalue weighted by molar-refractivity contribution is 9.10. The Morgan fingerprint density at radius 2 is 2.14 bits per heavy atom. The van der Waals surface area contributed by atoms with Gasteiger partial charge in [-0.05, 0) is 53.9 Å². The maximum Gasteiger partial charge on any atom is 0.335 e. The summed E-state index contributed by atoms with van der Waals surface area (Å²) in [5.41, 5.74) is -0.196. The van der Waals surface area contributed by atoms with E-state index < -0.39 is 21.5 Å². The quantitative estimate of drug-likeness (QED) is 0.835. The molecular formula is C13H16BrNO5S. The molecule has 116 valence electrons. The highest BCUT2D eigenvalue weighted by Gasteiger charge is 2.35. The molecule has 1 unspecified atom stereocenters. The van der Waals surface area contributed by atoms with Crippen LogP contribution in [0.2, 0.25) is 0 Å². The Kier molecular flexibility index (Phi) is 4.44. The van der Waals surface area contributed by atoms with Crippen LogP contribution in [0, 0.1) is 6.92 Å². The highest BCUT2D eigenvalue weighted by atomic mass is 79.9. The van der Waals surface area contributed by atoms with E-state index in [1.54, 1.807) is 13.8 Å². The Labute approximate surface area is 131 Å². The second kappa shape index (κ2) is 5.68. The number of carboxylic acids is 1. The second-order valence-electron chi connectivity index (χ2n) is 5.38. The van der Waals surface area contributed by atoms with Gasteiger partial charge < -0.3 is 9.84 Å². The number of ether oxygens (including phenoxy) is 1. The van der Waals surface area contributed by atoms with Gasteiger partial charge in [0.25, 0.3) is 0 Å². The Balaban J connectivity index is 2.46. The Bertz CT molecular complexity index is 680. The summed E-state index contributed by atoms with van der Waals surface area (Å²) in [6.07, 6.45) is 0.571. The van der Waals surface area contributed by atoms with E-state index in [1.807, 2.05) is 0 Å². The van der Waals surface area contributed by atoms with Gasteiger partial charge in [0.1, 0.15) is 0 Å². The van der Waals surface area contributed by atoms with Gasteiger partial charge in [-0.25, -0.2) is 17.9 Å². The summed E-state index contributed by atoms with van der Waals surface area (Å²) in [5.74, 6) is -1.17. The first-order chi connectivity index (χ1) is 9.65. The van der Waals surface area contributed by atoms with Crippen molar-refractivity contribution in [3.8, 4) is 0 Å². The van der Waals surface area contributed by atoms with E-state index in [2.05, 4.69) is 20.7 Å². The van der Waals surface area contributed by atoms with Gasteiger partial charge in [-0.15, -0.1) is 0 Å². The summed E-state index contributed by atoms with van der Waals surface area (Å²) in [4.78, 5) is 11.0. The Morgan fingerprint density at radius 1 is 1.48 bits per heavy atom. The molecule has 0 saturated carbocycles. The average molecular weight is 378 g/mol. The predicted octanol–water partition coefficient (Wildman–Crippen LogP) is 1.91. The zero-order chi connectivity index (χ0) is 15.8. The van der Waals surface area contributed by atoms with Crippen molar-refractivity contribution in [1.82, 2.24) is 4.72 Å². The van der Waals surface area contributed by atoms with Crippen molar-refractivity contribution in [1.29, 1.82) is 0 Å². The maximum absolute atomic E-state index is 12.6. The van der Waals surface area contributed by atoms with Crippen LogP contribution in [0.25, 0.3) is 0 Å². The van der Waals surface area contributed by atoms with Gasteiger partial charge in [0, 0.05) is 11.1 Å². The monoisotopic (exact) mass is 377 g/mol. The molecule has 1 atom stereocenters. The molecule has 6 nitrogen and oxygen atoms in total. The summed E-state index contributed by atoms with van der Waals surface area (Å²) in [5, 5.41) is 9.07. The number of carboxylic acid groups (broad SMARTS) is 1. The normalized spacial score (nSPS) is 22.4.